The van der Waals surface area contributed by atoms with E-state index in [1.165, 1.54) is 0 Å². The van der Waals surface area contributed by atoms with Crippen LogP contribution in [0.3, 0.4) is 0 Å². The molecule has 1 fully saturated rings. The van der Waals surface area contributed by atoms with Crippen LogP contribution >= 0.6 is 0 Å². The van der Waals surface area contributed by atoms with Gasteiger partial charge in [-0.05, 0) is 18.9 Å². The molecule has 0 unspecified atom stereocenters. The number of rotatable bonds is 2. The Morgan fingerprint density at radius 2 is 2.36 bits per heavy atom. The van der Waals surface area contributed by atoms with Gasteiger partial charge in [0.1, 0.15) is 11.9 Å². The Morgan fingerprint density at radius 3 is 2.82 bits per heavy atom. The van der Waals surface area contributed by atoms with Crippen molar-refractivity contribution in [2.45, 2.75) is 18.4 Å². The fourth-order valence-corrected chi connectivity index (χ4v) is 1.24. The molecule has 2 rings (SSSR count). The third-order valence-electron chi connectivity index (χ3n) is 2.14. The summed E-state index contributed by atoms with van der Waals surface area (Å²) in [5.74, 6) is 0. The predicted molar refractivity (Wildman–Crippen MR) is 40.0 cm³/mol. The summed E-state index contributed by atoms with van der Waals surface area (Å²) in [6, 6.07) is 1.91. The van der Waals surface area contributed by atoms with E-state index in [0.717, 1.165) is 18.5 Å². The van der Waals surface area contributed by atoms with Crippen LogP contribution in [0.4, 0.5) is 0 Å². The van der Waals surface area contributed by atoms with Crippen LogP contribution in [0.5, 0.6) is 0 Å². The number of hydrogen-bond acceptors (Lipinski definition) is 3. The Kier molecular flexibility index (Phi) is 1.39. The second-order valence-corrected chi connectivity index (χ2v) is 2.79. The van der Waals surface area contributed by atoms with Crippen LogP contribution in [0.15, 0.2) is 18.6 Å². The topological polar surface area (TPSA) is 35.0 Å². The van der Waals surface area contributed by atoms with E-state index < -0.39 is 0 Å². The van der Waals surface area contributed by atoms with Crippen molar-refractivity contribution in [2.75, 3.05) is 7.11 Å². The standard InChI is InChI=1S/C8H10N2O/c1-11-8(3-4-8)7-2-5-9-6-10-7/h2,5-6H,3-4H2,1H3. The van der Waals surface area contributed by atoms with Gasteiger partial charge in [-0.2, -0.15) is 0 Å². The molecule has 0 radical (unpaired) electrons. The first-order valence-electron chi connectivity index (χ1n) is 3.69. The van der Waals surface area contributed by atoms with E-state index in [4.69, 9.17) is 4.74 Å². The van der Waals surface area contributed by atoms with Gasteiger partial charge in [0.05, 0.1) is 5.69 Å². The van der Waals surface area contributed by atoms with Crippen molar-refractivity contribution in [3.63, 3.8) is 0 Å². The normalized spacial score (nSPS) is 19.7. The molecule has 0 spiro atoms. The highest BCUT2D eigenvalue weighted by Gasteiger charge is 2.46. The Balaban J connectivity index is 2.30. The van der Waals surface area contributed by atoms with Gasteiger partial charge >= 0.3 is 0 Å². The molecular formula is C8H10N2O. The molecule has 1 aromatic heterocycles. The second-order valence-electron chi connectivity index (χ2n) is 2.79. The van der Waals surface area contributed by atoms with Gasteiger partial charge in [-0.1, -0.05) is 0 Å². The monoisotopic (exact) mass is 150 g/mol. The van der Waals surface area contributed by atoms with Gasteiger partial charge in [0.25, 0.3) is 0 Å². The quantitative estimate of drug-likeness (QED) is 0.633. The maximum absolute atomic E-state index is 5.34. The van der Waals surface area contributed by atoms with E-state index in [9.17, 15) is 0 Å². The van der Waals surface area contributed by atoms with Crippen LogP contribution in [-0.2, 0) is 10.3 Å². The van der Waals surface area contributed by atoms with Crippen LogP contribution in [0.1, 0.15) is 18.5 Å². The van der Waals surface area contributed by atoms with E-state index in [1.54, 1.807) is 19.6 Å². The molecule has 58 valence electrons. The summed E-state index contributed by atoms with van der Waals surface area (Å²) in [7, 11) is 1.73. The molecule has 1 aliphatic carbocycles. The average molecular weight is 150 g/mol. The lowest BCUT2D eigenvalue weighted by Crippen LogP contribution is -2.10. The maximum Gasteiger partial charge on any atom is 0.115 e. The second kappa shape index (κ2) is 2.27. The Bertz CT molecular complexity index is 244. The van der Waals surface area contributed by atoms with Crippen molar-refractivity contribution in [3.05, 3.63) is 24.3 Å². The summed E-state index contributed by atoms with van der Waals surface area (Å²) >= 11 is 0. The number of ether oxygens (including phenoxy) is 1. The molecule has 1 aliphatic rings. The number of methoxy groups -OCH3 is 1. The first-order chi connectivity index (χ1) is 5.37. The SMILES string of the molecule is COC1(c2ccncn2)CC1. The summed E-state index contributed by atoms with van der Waals surface area (Å²) < 4.78 is 5.34. The van der Waals surface area contributed by atoms with Crippen molar-refractivity contribution in [1.82, 2.24) is 9.97 Å². The maximum atomic E-state index is 5.34. The molecule has 1 aromatic rings. The highest BCUT2D eigenvalue weighted by atomic mass is 16.5. The van der Waals surface area contributed by atoms with Crippen molar-refractivity contribution in [2.24, 2.45) is 0 Å². The Hall–Kier alpha value is -0.960. The molecule has 1 saturated carbocycles. The minimum Gasteiger partial charge on any atom is -0.372 e. The summed E-state index contributed by atoms with van der Waals surface area (Å²) in [6.45, 7) is 0. The summed E-state index contributed by atoms with van der Waals surface area (Å²) in [5.41, 5.74) is 0.943. The summed E-state index contributed by atoms with van der Waals surface area (Å²) in [6.07, 6.45) is 5.48. The summed E-state index contributed by atoms with van der Waals surface area (Å²) in [4.78, 5) is 8.00. The minimum absolute atomic E-state index is 0.0665. The molecule has 0 amide bonds. The van der Waals surface area contributed by atoms with Gasteiger partial charge in [-0.25, -0.2) is 9.97 Å². The van der Waals surface area contributed by atoms with E-state index in [2.05, 4.69) is 9.97 Å². The van der Waals surface area contributed by atoms with Gasteiger partial charge in [0, 0.05) is 13.3 Å². The van der Waals surface area contributed by atoms with Crippen LogP contribution in [0, 0.1) is 0 Å². The van der Waals surface area contributed by atoms with Gasteiger partial charge in [-0.3, -0.25) is 0 Å². The zero-order chi connectivity index (χ0) is 7.73. The van der Waals surface area contributed by atoms with Crippen molar-refractivity contribution < 1.29 is 4.74 Å². The van der Waals surface area contributed by atoms with Gasteiger partial charge < -0.3 is 4.74 Å². The predicted octanol–water partition coefficient (Wildman–Crippen LogP) is 1.11. The highest BCUT2D eigenvalue weighted by Crippen LogP contribution is 2.47. The minimum atomic E-state index is -0.0665. The molecule has 3 nitrogen and oxygen atoms in total. The lowest BCUT2D eigenvalue weighted by atomic mass is 10.2. The van der Waals surface area contributed by atoms with E-state index in [0.29, 0.717) is 0 Å². The zero-order valence-corrected chi connectivity index (χ0v) is 6.45. The molecular weight excluding hydrogens is 140 g/mol. The first kappa shape index (κ1) is 6.73. The average Bonchev–Trinajstić information content (AvgIpc) is 2.86. The van der Waals surface area contributed by atoms with Gasteiger partial charge in [-0.15, -0.1) is 0 Å². The number of aromatic nitrogens is 2. The fourth-order valence-electron chi connectivity index (χ4n) is 1.24. The van der Waals surface area contributed by atoms with E-state index in [1.807, 2.05) is 6.07 Å². The smallest absolute Gasteiger partial charge is 0.115 e. The molecule has 0 aromatic carbocycles. The van der Waals surface area contributed by atoms with Gasteiger partial charge in [0.2, 0.25) is 0 Å². The zero-order valence-electron chi connectivity index (χ0n) is 6.45. The largest absolute Gasteiger partial charge is 0.372 e. The van der Waals surface area contributed by atoms with Crippen LogP contribution in [-0.4, -0.2) is 17.1 Å². The van der Waals surface area contributed by atoms with Crippen molar-refractivity contribution >= 4 is 0 Å². The van der Waals surface area contributed by atoms with Crippen LogP contribution in [0.25, 0.3) is 0 Å². The summed E-state index contributed by atoms with van der Waals surface area (Å²) in [5, 5.41) is 0. The molecule has 0 aliphatic heterocycles. The molecule has 0 saturated heterocycles. The lowest BCUT2D eigenvalue weighted by molar-refractivity contribution is 0.0750. The van der Waals surface area contributed by atoms with Crippen LogP contribution < -0.4 is 0 Å². The van der Waals surface area contributed by atoms with E-state index >= 15 is 0 Å². The third-order valence-corrected chi connectivity index (χ3v) is 2.14. The molecule has 11 heavy (non-hydrogen) atoms. The van der Waals surface area contributed by atoms with Gasteiger partial charge in [0.15, 0.2) is 0 Å². The Morgan fingerprint density at radius 1 is 1.55 bits per heavy atom. The third kappa shape index (κ3) is 1.01. The molecule has 1 heterocycles. The molecule has 3 heteroatoms. The van der Waals surface area contributed by atoms with Crippen LogP contribution in [0.2, 0.25) is 0 Å². The number of nitrogens with zero attached hydrogens (tertiary/aromatic N) is 2. The van der Waals surface area contributed by atoms with Crippen molar-refractivity contribution in [3.8, 4) is 0 Å². The highest BCUT2D eigenvalue weighted by molar-refractivity contribution is 5.17. The lowest BCUT2D eigenvalue weighted by Gasteiger charge is -2.10. The molecule has 0 bridgehead atoms. The Labute approximate surface area is 65.4 Å². The molecule has 0 atom stereocenters. The number of hydrogen-bond donors (Lipinski definition) is 0. The van der Waals surface area contributed by atoms with Crippen molar-refractivity contribution in [1.29, 1.82) is 0 Å². The molecule has 0 N–H and O–H groups in total. The van der Waals surface area contributed by atoms with E-state index in [-0.39, 0.29) is 5.60 Å². The fraction of sp³-hybridized carbons (Fsp3) is 0.500. The first-order valence-corrected chi connectivity index (χ1v) is 3.69.